The minimum atomic E-state index is -4.49. The molecule has 0 spiro atoms. The number of hydrogen-bond donors (Lipinski definition) is 2. The second kappa shape index (κ2) is 7.17. The van der Waals surface area contributed by atoms with E-state index in [9.17, 15) is 18.0 Å². The van der Waals surface area contributed by atoms with Crippen LogP contribution in [0.3, 0.4) is 0 Å². The highest BCUT2D eigenvalue weighted by Crippen LogP contribution is 2.34. The summed E-state index contributed by atoms with van der Waals surface area (Å²) in [7, 11) is 0. The van der Waals surface area contributed by atoms with Gasteiger partial charge < -0.3 is 10.6 Å². The number of nitrogens with one attached hydrogen (secondary N) is 2. The average Bonchev–Trinajstić information content (AvgIpc) is 2.39. The van der Waals surface area contributed by atoms with Crippen molar-refractivity contribution < 1.29 is 18.0 Å². The van der Waals surface area contributed by atoms with Crippen LogP contribution in [-0.2, 0) is 6.18 Å². The van der Waals surface area contributed by atoms with E-state index in [0.717, 1.165) is 18.9 Å². The van der Waals surface area contributed by atoms with Gasteiger partial charge in [-0.1, -0.05) is 38.8 Å². The summed E-state index contributed by atoms with van der Waals surface area (Å²) in [6.45, 7) is 4.46. The van der Waals surface area contributed by atoms with Crippen molar-refractivity contribution in [2.24, 2.45) is 5.92 Å². The van der Waals surface area contributed by atoms with Crippen molar-refractivity contribution >= 4 is 11.7 Å². The molecule has 0 heterocycles. The molecule has 0 aliphatic rings. The molecule has 0 saturated heterocycles. The Hall–Kier alpha value is -1.72. The number of carbonyl (C=O) groups is 1. The van der Waals surface area contributed by atoms with Gasteiger partial charge >= 0.3 is 12.2 Å². The number of rotatable bonds is 5. The molecule has 0 aromatic heterocycles. The molecule has 2 amide bonds. The molecule has 0 saturated carbocycles. The van der Waals surface area contributed by atoms with Gasteiger partial charge in [0.25, 0.3) is 0 Å². The monoisotopic (exact) mass is 288 g/mol. The zero-order valence-corrected chi connectivity index (χ0v) is 11.6. The number of amides is 2. The van der Waals surface area contributed by atoms with Gasteiger partial charge in [0.15, 0.2) is 0 Å². The predicted octanol–water partition coefficient (Wildman–Crippen LogP) is 4.26. The molecule has 20 heavy (non-hydrogen) atoms. The smallest absolute Gasteiger partial charge is 0.338 e. The van der Waals surface area contributed by atoms with Crippen molar-refractivity contribution in [1.82, 2.24) is 5.32 Å². The van der Waals surface area contributed by atoms with E-state index < -0.39 is 17.8 Å². The molecule has 0 aliphatic heterocycles. The van der Waals surface area contributed by atoms with E-state index in [1.54, 1.807) is 0 Å². The van der Waals surface area contributed by atoms with Gasteiger partial charge in [-0.2, -0.15) is 13.2 Å². The van der Waals surface area contributed by atoms with E-state index in [2.05, 4.69) is 10.6 Å². The van der Waals surface area contributed by atoms with Crippen LogP contribution < -0.4 is 10.6 Å². The number of carbonyl (C=O) groups excluding carboxylic acids is 1. The number of benzene rings is 1. The molecule has 0 radical (unpaired) electrons. The number of alkyl halides is 3. The lowest BCUT2D eigenvalue weighted by Crippen LogP contribution is -2.33. The molecule has 0 unspecified atom stereocenters. The van der Waals surface area contributed by atoms with E-state index in [1.807, 2.05) is 13.8 Å². The summed E-state index contributed by atoms with van der Waals surface area (Å²) in [6, 6.07) is 4.30. The average molecular weight is 288 g/mol. The lowest BCUT2D eigenvalue weighted by molar-refractivity contribution is -0.136. The fraction of sp³-hybridized carbons (Fsp3) is 0.500. The number of hydrogen-bond acceptors (Lipinski definition) is 1. The molecule has 1 aromatic rings. The van der Waals surface area contributed by atoms with Crippen molar-refractivity contribution in [1.29, 1.82) is 0 Å². The van der Waals surface area contributed by atoms with E-state index in [0.29, 0.717) is 12.5 Å². The summed E-state index contributed by atoms with van der Waals surface area (Å²) in [4.78, 5) is 11.6. The minimum absolute atomic E-state index is 0.234. The Kier molecular flexibility index (Phi) is 5.85. The molecular formula is C14H19F3N2O. The first kappa shape index (κ1) is 16.3. The van der Waals surface area contributed by atoms with Crippen LogP contribution in [0.25, 0.3) is 0 Å². The third-order valence-corrected chi connectivity index (χ3v) is 3.19. The van der Waals surface area contributed by atoms with Crippen molar-refractivity contribution in [3.8, 4) is 0 Å². The Morgan fingerprint density at radius 1 is 1.20 bits per heavy atom. The first-order valence-corrected chi connectivity index (χ1v) is 6.59. The molecule has 6 heteroatoms. The number of anilines is 1. The normalized spacial score (nSPS) is 11.5. The molecule has 0 fully saturated rings. The number of urea groups is 1. The molecule has 0 aliphatic carbocycles. The van der Waals surface area contributed by atoms with Gasteiger partial charge in [0.1, 0.15) is 0 Å². The number of halogens is 3. The van der Waals surface area contributed by atoms with Crippen LogP contribution in [0.15, 0.2) is 24.3 Å². The maximum Gasteiger partial charge on any atom is 0.418 e. The molecule has 112 valence electrons. The Bertz CT molecular complexity index is 442. The maximum atomic E-state index is 12.8. The van der Waals surface area contributed by atoms with Gasteiger partial charge in [-0.05, 0) is 18.1 Å². The molecule has 1 rings (SSSR count). The van der Waals surface area contributed by atoms with Gasteiger partial charge in [-0.25, -0.2) is 4.79 Å². The maximum absolute atomic E-state index is 12.8. The van der Waals surface area contributed by atoms with Crippen LogP contribution in [-0.4, -0.2) is 12.6 Å². The van der Waals surface area contributed by atoms with Gasteiger partial charge in [-0.3, -0.25) is 0 Å². The van der Waals surface area contributed by atoms with Crippen molar-refractivity contribution in [3.63, 3.8) is 0 Å². The molecule has 2 N–H and O–H groups in total. The lowest BCUT2D eigenvalue weighted by Gasteiger charge is -2.16. The zero-order chi connectivity index (χ0) is 15.2. The van der Waals surface area contributed by atoms with Crippen LogP contribution in [0.2, 0.25) is 0 Å². The van der Waals surface area contributed by atoms with E-state index in [4.69, 9.17) is 0 Å². The second-order valence-corrected chi connectivity index (χ2v) is 4.56. The zero-order valence-electron chi connectivity index (χ0n) is 11.6. The Morgan fingerprint density at radius 3 is 2.35 bits per heavy atom. The van der Waals surface area contributed by atoms with E-state index in [-0.39, 0.29) is 5.69 Å². The van der Waals surface area contributed by atoms with Crippen LogP contribution in [0.5, 0.6) is 0 Å². The van der Waals surface area contributed by atoms with E-state index in [1.165, 1.54) is 18.2 Å². The fourth-order valence-corrected chi connectivity index (χ4v) is 1.82. The topological polar surface area (TPSA) is 41.1 Å². The van der Waals surface area contributed by atoms with Crippen LogP contribution in [0.1, 0.15) is 32.3 Å². The molecule has 1 aromatic carbocycles. The summed E-state index contributed by atoms with van der Waals surface area (Å²) in [5, 5.41) is 4.84. The highest BCUT2D eigenvalue weighted by atomic mass is 19.4. The highest BCUT2D eigenvalue weighted by Gasteiger charge is 2.33. The first-order valence-electron chi connectivity index (χ1n) is 6.59. The molecule has 0 atom stereocenters. The summed E-state index contributed by atoms with van der Waals surface area (Å²) in [5.74, 6) is 0.332. The lowest BCUT2D eigenvalue weighted by atomic mass is 10.0. The standard InChI is InChI=1S/C14H19F3N2O/c1-3-10(4-2)9-18-13(20)19-12-8-6-5-7-11(12)14(15,16)17/h5-8,10H,3-4,9H2,1-2H3,(H2,18,19,20). The SMILES string of the molecule is CCC(CC)CNC(=O)Nc1ccccc1C(F)(F)F. The third kappa shape index (κ3) is 4.75. The quantitative estimate of drug-likeness (QED) is 0.835. The van der Waals surface area contributed by atoms with Crippen LogP contribution in [0, 0.1) is 5.92 Å². The van der Waals surface area contributed by atoms with Gasteiger partial charge in [0, 0.05) is 6.54 Å². The summed E-state index contributed by atoms with van der Waals surface area (Å²) < 4.78 is 38.3. The Morgan fingerprint density at radius 2 is 1.80 bits per heavy atom. The Labute approximate surface area is 116 Å². The Balaban J connectivity index is 2.67. The fourth-order valence-electron chi connectivity index (χ4n) is 1.82. The molecule has 0 bridgehead atoms. The predicted molar refractivity (Wildman–Crippen MR) is 72.5 cm³/mol. The van der Waals surface area contributed by atoms with Crippen LogP contribution in [0.4, 0.5) is 23.7 Å². The summed E-state index contributed by atoms with van der Waals surface area (Å²) >= 11 is 0. The highest BCUT2D eigenvalue weighted by molar-refractivity contribution is 5.90. The van der Waals surface area contributed by atoms with Crippen molar-refractivity contribution in [2.45, 2.75) is 32.9 Å². The summed E-state index contributed by atoms with van der Waals surface area (Å²) in [5.41, 5.74) is -1.08. The number of para-hydroxylation sites is 1. The van der Waals surface area contributed by atoms with E-state index >= 15 is 0 Å². The first-order chi connectivity index (χ1) is 9.38. The second-order valence-electron chi connectivity index (χ2n) is 4.56. The minimum Gasteiger partial charge on any atom is -0.338 e. The summed E-state index contributed by atoms with van der Waals surface area (Å²) in [6.07, 6.45) is -2.66. The third-order valence-electron chi connectivity index (χ3n) is 3.19. The van der Waals surface area contributed by atoms with Gasteiger partial charge in [-0.15, -0.1) is 0 Å². The molecule has 3 nitrogen and oxygen atoms in total. The largest absolute Gasteiger partial charge is 0.418 e. The van der Waals surface area contributed by atoms with Crippen LogP contribution >= 0.6 is 0 Å². The van der Waals surface area contributed by atoms with Gasteiger partial charge in [0.2, 0.25) is 0 Å². The molecular weight excluding hydrogens is 269 g/mol. The van der Waals surface area contributed by atoms with Gasteiger partial charge in [0.05, 0.1) is 11.3 Å². The van der Waals surface area contributed by atoms with Crippen molar-refractivity contribution in [3.05, 3.63) is 29.8 Å². The van der Waals surface area contributed by atoms with Crippen molar-refractivity contribution in [2.75, 3.05) is 11.9 Å².